The molecule has 1 saturated heterocycles. The summed E-state index contributed by atoms with van der Waals surface area (Å²) in [6.45, 7) is 5.17. The van der Waals surface area contributed by atoms with Gasteiger partial charge in [0.15, 0.2) is 5.82 Å². The van der Waals surface area contributed by atoms with Gasteiger partial charge in [-0.1, -0.05) is 12.1 Å². The number of hydrogen-bond acceptors (Lipinski definition) is 8. The second kappa shape index (κ2) is 10.6. The van der Waals surface area contributed by atoms with E-state index in [0.717, 1.165) is 71.9 Å². The Morgan fingerprint density at radius 2 is 1.69 bits per heavy atom. The summed E-state index contributed by atoms with van der Waals surface area (Å²) in [5.41, 5.74) is 5.70. The van der Waals surface area contributed by atoms with Crippen LogP contribution in [0.25, 0.3) is 11.5 Å². The van der Waals surface area contributed by atoms with Gasteiger partial charge in [0.25, 0.3) is 0 Å². The minimum Gasteiger partial charge on any atom is -0.495 e. The summed E-state index contributed by atoms with van der Waals surface area (Å²) in [6.07, 6.45) is 4.79. The predicted molar refractivity (Wildman–Crippen MR) is 134 cm³/mol. The minimum atomic E-state index is 0.593. The van der Waals surface area contributed by atoms with Gasteiger partial charge >= 0.3 is 0 Å². The molecule has 1 aromatic carbocycles. The number of morpholine rings is 1. The summed E-state index contributed by atoms with van der Waals surface area (Å²) >= 11 is 0. The number of hydrogen-bond donors (Lipinski definition) is 0. The van der Waals surface area contributed by atoms with Gasteiger partial charge < -0.3 is 14.4 Å². The van der Waals surface area contributed by atoms with Crippen LogP contribution < -0.4 is 9.64 Å². The highest BCUT2D eigenvalue weighted by Crippen LogP contribution is 2.30. The van der Waals surface area contributed by atoms with Crippen LogP contribution in [-0.4, -0.2) is 58.3 Å². The molecule has 0 amide bonds. The lowest BCUT2D eigenvalue weighted by molar-refractivity contribution is 0.122. The van der Waals surface area contributed by atoms with Gasteiger partial charge in [0, 0.05) is 44.0 Å². The van der Waals surface area contributed by atoms with E-state index < -0.39 is 0 Å². The molecule has 0 saturated carbocycles. The van der Waals surface area contributed by atoms with E-state index in [-0.39, 0.29) is 0 Å². The fourth-order valence-electron chi connectivity index (χ4n) is 4.18. The zero-order chi connectivity index (χ0) is 24.0. The molecular formula is C27H28N6O2. The third kappa shape index (κ3) is 5.60. The molecule has 0 atom stereocenters. The first kappa shape index (κ1) is 22.9. The first-order valence-corrected chi connectivity index (χ1v) is 11.7. The van der Waals surface area contributed by atoms with E-state index in [1.54, 1.807) is 19.5 Å². The van der Waals surface area contributed by atoms with Crippen molar-refractivity contribution in [1.82, 2.24) is 24.9 Å². The molecule has 1 aliphatic heterocycles. The van der Waals surface area contributed by atoms with Gasteiger partial charge in [-0.05, 0) is 48.9 Å². The molecule has 0 bridgehead atoms. The highest BCUT2D eigenvalue weighted by atomic mass is 16.5. The van der Waals surface area contributed by atoms with Gasteiger partial charge in [0.1, 0.15) is 17.3 Å². The highest BCUT2D eigenvalue weighted by Gasteiger charge is 2.16. The van der Waals surface area contributed by atoms with Gasteiger partial charge in [0.2, 0.25) is 0 Å². The Morgan fingerprint density at radius 1 is 0.886 bits per heavy atom. The van der Waals surface area contributed by atoms with E-state index >= 15 is 0 Å². The van der Waals surface area contributed by atoms with Crippen LogP contribution in [0, 0.1) is 6.92 Å². The van der Waals surface area contributed by atoms with Crippen molar-refractivity contribution in [3.05, 3.63) is 89.4 Å². The quantitative estimate of drug-likeness (QED) is 0.406. The first-order chi connectivity index (χ1) is 17.2. The van der Waals surface area contributed by atoms with Gasteiger partial charge in [-0.3, -0.25) is 0 Å². The molecule has 0 radical (unpaired) electrons. The van der Waals surface area contributed by atoms with Crippen molar-refractivity contribution in [2.75, 3.05) is 38.3 Å². The van der Waals surface area contributed by atoms with Crippen molar-refractivity contribution in [2.45, 2.75) is 19.8 Å². The van der Waals surface area contributed by atoms with Crippen LogP contribution in [0.3, 0.4) is 0 Å². The Bertz CT molecular complexity index is 1310. The number of aryl methyl sites for hydroxylation is 1. The van der Waals surface area contributed by atoms with Crippen molar-refractivity contribution in [2.24, 2.45) is 0 Å². The van der Waals surface area contributed by atoms with Crippen LogP contribution in [0.2, 0.25) is 0 Å². The normalized spacial score (nSPS) is 13.6. The third-order valence-corrected chi connectivity index (χ3v) is 5.91. The van der Waals surface area contributed by atoms with Gasteiger partial charge in [0.05, 0.1) is 37.4 Å². The van der Waals surface area contributed by atoms with Crippen LogP contribution in [0.1, 0.15) is 28.5 Å². The molecule has 5 rings (SSSR count). The van der Waals surface area contributed by atoms with Crippen molar-refractivity contribution in [1.29, 1.82) is 0 Å². The summed E-state index contributed by atoms with van der Waals surface area (Å²) in [7, 11) is 1.71. The molecule has 1 aliphatic rings. The van der Waals surface area contributed by atoms with Crippen LogP contribution in [-0.2, 0) is 17.6 Å². The largest absolute Gasteiger partial charge is 0.495 e. The monoisotopic (exact) mass is 468 g/mol. The van der Waals surface area contributed by atoms with Gasteiger partial charge in [-0.25, -0.2) is 24.9 Å². The number of aromatic nitrogens is 5. The molecule has 4 aromatic rings. The Labute approximate surface area is 205 Å². The standard InChI is InChI=1S/C27H28N6O2/c1-19-4-3-5-23(30-19)27-29-11-9-22(32-27)18-21-8-10-28-26(31-21)17-20-6-7-24(25(16-20)34-2)33-12-14-35-15-13-33/h3-11,16H,12-15,17-18H2,1-2H3. The SMILES string of the molecule is COc1cc(Cc2nccc(Cc3ccnc(-c4cccc(C)n4)n3)n2)ccc1N1CCOCC1. The third-order valence-electron chi connectivity index (χ3n) is 5.91. The zero-order valence-electron chi connectivity index (χ0n) is 20.0. The molecule has 8 nitrogen and oxygen atoms in total. The lowest BCUT2D eigenvalue weighted by Gasteiger charge is -2.30. The molecule has 0 spiro atoms. The number of nitrogens with zero attached hydrogens (tertiary/aromatic N) is 6. The number of benzene rings is 1. The summed E-state index contributed by atoms with van der Waals surface area (Å²) in [5.74, 6) is 2.24. The highest BCUT2D eigenvalue weighted by molar-refractivity contribution is 5.60. The van der Waals surface area contributed by atoms with E-state index in [2.05, 4.69) is 38.1 Å². The van der Waals surface area contributed by atoms with E-state index in [0.29, 0.717) is 18.7 Å². The molecule has 8 heteroatoms. The Balaban J connectivity index is 1.31. The summed E-state index contributed by atoms with van der Waals surface area (Å²) in [6, 6.07) is 16.0. The molecule has 0 unspecified atom stereocenters. The van der Waals surface area contributed by atoms with Crippen molar-refractivity contribution < 1.29 is 9.47 Å². The molecule has 0 N–H and O–H groups in total. The van der Waals surface area contributed by atoms with E-state index in [1.165, 1.54) is 0 Å². The maximum Gasteiger partial charge on any atom is 0.178 e. The van der Waals surface area contributed by atoms with Gasteiger partial charge in [-0.15, -0.1) is 0 Å². The van der Waals surface area contributed by atoms with E-state index in [4.69, 9.17) is 19.4 Å². The summed E-state index contributed by atoms with van der Waals surface area (Å²) in [5, 5.41) is 0. The molecule has 0 aliphatic carbocycles. The number of ether oxygens (including phenoxy) is 2. The fraction of sp³-hybridized carbons (Fsp3) is 0.296. The number of methoxy groups -OCH3 is 1. The van der Waals surface area contributed by atoms with Crippen molar-refractivity contribution in [3.63, 3.8) is 0 Å². The second-order valence-electron chi connectivity index (χ2n) is 8.46. The van der Waals surface area contributed by atoms with Crippen molar-refractivity contribution >= 4 is 5.69 Å². The van der Waals surface area contributed by atoms with Crippen LogP contribution in [0.15, 0.2) is 60.9 Å². The van der Waals surface area contributed by atoms with Crippen LogP contribution >= 0.6 is 0 Å². The average molecular weight is 469 g/mol. The second-order valence-corrected chi connectivity index (χ2v) is 8.46. The average Bonchev–Trinajstić information content (AvgIpc) is 2.89. The topological polar surface area (TPSA) is 86.2 Å². The molecule has 35 heavy (non-hydrogen) atoms. The smallest absolute Gasteiger partial charge is 0.178 e. The summed E-state index contributed by atoms with van der Waals surface area (Å²) in [4.78, 5) is 25.2. The first-order valence-electron chi connectivity index (χ1n) is 11.7. The minimum absolute atomic E-state index is 0.593. The Morgan fingerprint density at radius 3 is 2.49 bits per heavy atom. The lowest BCUT2D eigenvalue weighted by atomic mass is 10.1. The number of rotatable bonds is 7. The molecule has 178 valence electrons. The fourth-order valence-corrected chi connectivity index (χ4v) is 4.18. The predicted octanol–water partition coefficient (Wildman–Crippen LogP) is 3.66. The Hall–Kier alpha value is -3.91. The number of pyridine rings is 1. The van der Waals surface area contributed by atoms with E-state index in [9.17, 15) is 0 Å². The molecule has 3 aromatic heterocycles. The van der Waals surface area contributed by atoms with Crippen molar-refractivity contribution in [3.8, 4) is 17.3 Å². The van der Waals surface area contributed by atoms with Crippen LogP contribution in [0.4, 0.5) is 5.69 Å². The maximum absolute atomic E-state index is 5.69. The molecular weight excluding hydrogens is 440 g/mol. The molecule has 1 fully saturated rings. The lowest BCUT2D eigenvalue weighted by Crippen LogP contribution is -2.36. The van der Waals surface area contributed by atoms with Crippen LogP contribution in [0.5, 0.6) is 5.75 Å². The van der Waals surface area contributed by atoms with Gasteiger partial charge in [-0.2, -0.15) is 0 Å². The number of anilines is 1. The van der Waals surface area contributed by atoms with E-state index in [1.807, 2.05) is 37.3 Å². The summed E-state index contributed by atoms with van der Waals surface area (Å²) < 4.78 is 11.2. The zero-order valence-corrected chi connectivity index (χ0v) is 20.0. The Kier molecular flexibility index (Phi) is 6.90. The molecule has 4 heterocycles. The maximum atomic E-state index is 5.69.